The topological polar surface area (TPSA) is 84.5 Å². The molecule has 1 amide bonds. The normalized spacial score (nSPS) is 11.1. The lowest BCUT2D eigenvalue weighted by Crippen LogP contribution is -2.20. The fourth-order valence-electron chi connectivity index (χ4n) is 2.77. The van der Waals surface area contributed by atoms with E-state index in [0.29, 0.717) is 22.1 Å². The highest BCUT2D eigenvalue weighted by Gasteiger charge is 2.16. The molecule has 8 heteroatoms. The summed E-state index contributed by atoms with van der Waals surface area (Å²) in [6.45, 7) is 5.60. The Morgan fingerprint density at radius 1 is 0.903 bits per heavy atom. The zero-order valence-corrected chi connectivity index (χ0v) is 19.0. The molecular formula is C23H23ClN2O4S. The Kier molecular flexibility index (Phi) is 6.87. The van der Waals surface area contributed by atoms with Gasteiger partial charge in [-0.05, 0) is 86.0 Å². The van der Waals surface area contributed by atoms with Gasteiger partial charge in [-0.3, -0.25) is 9.52 Å². The molecule has 0 saturated heterocycles. The van der Waals surface area contributed by atoms with Crippen molar-refractivity contribution in [3.05, 3.63) is 82.4 Å². The number of hydrogen-bond donors (Lipinski definition) is 2. The van der Waals surface area contributed by atoms with Crippen LogP contribution in [-0.2, 0) is 14.8 Å². The van der Waals surface area contributed by atoms with Crippen molar-refractivity contribution in [2.75, 3.05) is 16.6 Å². The van der Waals surface area contributed by atoms with Gasteiger partial charge in [0.15, 0.2) is 6.61 Å². The molecule has 0 bridgehead atoms. The van der Waals surface area contributed by atoms with Crippen molar-refractivity contribution in [3.63, 3.8) is 0 Å². The van der Waals surface area contributed by atoms with Gasteiger partial charge in [-0.1, -0.05) is 23.7 Å². The van der Waals surface area contributed by atoms with E-state index in [-0.39, 0.29) is 17.4 Å². The van der Waals surface area contributed by atoms with Gasteiger partial charge < -0.3 is 10.1 Å². The van der Waals surface area contributed by atoms with Crippen molar-refractivity contribution in [1.82, 2.24) is 0 Å². The van der Waals surface area contributed by atoms with Gasteiger partial charge in [0.25, 0.3) is 15.9 Å². The van der Waals surface area contributed by atoms with Crippen LogP contribution in [0.1, 0.15) is 16.7 Å². The largest absolute Gasteiger partial charge is 0.484 e. The Balaban J connectivity index is 1.61. The van der Waals surface area contributed by atoms with Crippen LogP contribution >= 0.6 is 11.6 Å². The summed E-state index contributed by atoms with van der Waals surface area (Å²) in [6.07, 6.45) is 0. The Labute approximate surface area is 187 Å². The van der Waals surface area contributed by atoms with E-state index in [4.69, 9.17) is 16.3 Å². The molecule has 0 aliphatic rings. The predicted octanol–water partition coefficient (Wildman–Crippen LogP) is 5.08. The average Bonchev–Trinajstić information content (AvgIpc) is 2.72. The molecule has 0 aliphatic heterocycles. The van der Waals surface area contributed by atoms with Crippen LogP contribution in [0.3, 0.4) is 0 Å². The van der Waals surface area contributed by atoms with Gasteiger partial charge in [-0.25, -0.2) is 8.42 Å². The van der Waals surface area contributed by atoms with Gasteiger partial charge in [0.2, 0.25) is 0 Å². The molecule has 6 nitrogen and oxygen atoms in total. The second kappa shape index (κ2) is 9.41. The van der Waals surface area contributed by atoms with E-state index in [1.807, 2.05) is 32.0 Å². The summed E-state index contributed by atoms with van der Waals surface area (Å²) in [5, 5.41) is 3.12. The van der Waals surface area contributed by atoms with E-state index >= 15 is 0 Å². The molecule has 0 fully saturated rings. The highest BCUT2D eigenvalue weighted by atomic mass is 35.5. The van der Waals surface area contributed by atoms with Gasteiger partial charge in [0.1, 0.15) is 5.75 Å². The maximum absolute atomic E-state index is 12.6. The zero-order chi connectivity index (χ0) is 22.6. The maximum Gasteiger partial charge on any atom is 0.262 e. The minimum absolute atomic E-state index is 0.0660. The maximum atomic E-state index is 12.6. The molecule has 3 aromatic carbocycles. The molecule has 0 heterocycles. The Hall–Kier alpha value is -3.03. The third-order valence-corrected chi connectivity index (χ3v) is 6.36. The van der Waals surface area contributed by atoms with Crippen LogP contribution in [0.4, 0.5) is 11.4 Å². The standard InChI is InChI=1S/C23H23ClN2O4S/c1-15-5-9-20(12-17(15)3)30-14-23(27)25-19-7-10-21(11-8-19)31(28,29)26-22-13-18(24)6-4-16(22)2/h4-13,26H,14H2,1-3H3,(H,25,27). The molecule has 0 radical (unpaired) electrons. The lowest BCUT2D eigenvalue weighted by molar-refractivity contribution is -0.118. The Morgan fingerprint density at radius 2 is 1.58 bits per heavy atom. The van der Waals surface area contributed by atoms with Gasteiger partial charge in [0.05, 0.1) is 10.6 Å². The molecule has 31 heavy (non-hydrogen) atoms. The molecule has 0 unspecified atom stereocenters. The molecular weight excluding hydrogens is 436 g/mol. The quantitative estimate of drug-likeness (QED) is 0.516. The first-order valence-corrected chi connectivity index (χ1v) is 11.4. The molecule has 0 aromatic heterocycles. The van der Waals surface area contributed by atoms with Crippen molar-refractivity contribution >= 4 is 38.9 Å². The van der Waals surface area contributed by atoms with E-state index in [1.165, 1.54) is 24.3 Å². The highest BCUT2D eigenvalue weighted by Crippen LogP contribution is 2.24. The molecule has 0 saturated carbocycles. The number of carbonyl (C=O) groups excluding carboxylic acids is 1. The molecule has 0 aliphatic carbocycles. The Bertz CT molecular complexity index is 1210. The second-order valence-electron chi connectivity index (χ2n) is 7.17. The highest BCUT2D eigenvalue weighted by molar-refractivity contribution is 7.92. The fourth-order valence-corrected chi connectivity index (χ4v) is 4.07. The first-order chi connectivity index (χ1) is 14.6. The summed E-state index contributed by atoms with van der Waals surface area (Å²) in [6, 6.07) is 16.5. The summed E-state index contributed by atoms with van der Waals surface area (Å²) in [4.78, 5) is 12.2. The lowest BCUT2D eigenvalue weighted by Gasteiger charge is -2.12. The van der Waals surface area contributed by atoms with E-state index < -0.39 is 10.0 Å². The summed E-state index contributed by atoms with van der Waals surface area (Å²) in [5.41, 5.74) is 3.85. The van der Waals surface area contributed by atoms with Crippen LogP contribution in [0, 0.1) is 20.8 Å². The lowest BCUT2D eigenvalue weighted by atomic mass is 10.1. The van der Waals surface area contributed by atoms with Crippen molar-refractivity contribution in [2.24, 2.45) is 0 Å². The summed E-state index contributed by atoms with van der Waals surface area (Å²) in [5.74, 6) is 0.267. The van der Waals surface area contributed by atoms with Crippen molar-refractivity contribution < 1.29 is 17.9 Å². The summed E-state index contributed by atoms with van der Waals surface area (Å²) >= 11 is 5.95. The number of nitrogens with one attached hydrogen (secondary N) is 2. The van der Waals surface area contributed by atoms with Crippen LogP contribution in [0.25, 0.3) is 0 Å². The van der Waals surface area contributed by atoms with Crippen LogP contribution in [0.2, 0.25) is 5.02 Å². The monoisotopic (exact) mass is 458 g/mol. The average molecular weight is 459 g/mol. The van der Waals surface area contributed by atoms with E-state index in [2.05, 4.69) is 10.0 Å². The molecule has 2 N–H and O–H groups in total. The molecule has 0 atom stereocenters. The van der Waals surface area contributed by atoms with Gasteiger partial charge in [0, 0.05) is 10.7 Å². The third-order valence-electron chi connectivity index (χ3n) is 4.74. The molecule has 3 rings (SSSR count). The van der Waals surface area contributed by atoms with Crippen molar-refractivity contribution in [3.8, 4) is 5.75 Å². The van der Waals surface area contributed by atoms with E-state index in [0.717, 1.165) is 16.7 Å². The van der Waals surface area contributed by atoms with Crippen molar-refractivity contribution in [1.29, 1.82) is 0 Å². The van der Waals surface area contributed by atoms with E-state index in [9.17, 15) is 13.2 Å². The minimum atomic E-state index is -3.80. The Morgan fingerprint density at radius 3 is 2.26 bits per heavy atom. The van der Waals surface area contributed by atoms with Crippen LogP contribution in [0.5, 0.6) is 5.75 Å². The van der Waals surface area contributed by atoms with E-state index in [1.54, 1.807) is 25.1 Å². The van der Waals surface area contributed by atoms with Crippen LogP contribution in [0.15, 0.2) is 65.6 Å². The van der Waals surface area contributed by atoms with Crippen LogP contribution in [-0.4, -0.2) is 20.9 Å². The zero-order valence-electron chi connectivity index (χ0n) is 17.4. The molecule has 3 aromatic rings. The first kappa shape index (κ1) is 22.7. The second-order valence-corrected chi connectivity index (χ2v) is 9.29. The number of hydrogen-bond acceptors (Lipinski definition) is 4. The number of anilines is 2. The number of rotatable bonds is 7. The minimum Gasteiger partial charge on any atom is -0.484 e. The first-order valence-electron chi connectivity index (χ1n) is 9.53. The summed E-state index contributed by atoms with van der Waals surface area (Å²) < 4.78 is 33.3. The number of ether oxygens (including phenoxy) is 1. The van der Waals surface area contributed by atoms with Crippen LogP contribution < -0.4 is 14.8 Å². The number of carbonyl (C=O) groups is 1. The number of sulfonamides is 1. The van der Waals surface area contributed by atoms with Crippen molar-refractivity contribution in [2.45, 2.75) is 25.7 Å². The fraction of sp³-hybridized carbons (Fsp3) is 0.174. The SMILES string of the molecule is Cc1ccc(OCC(=O)Nc2ccc(S(=O)(=O)Nc3cc(Cl)ccc3C)cc2)cc1C. The number of benzene rings is 3. The number of amides is 1. The van der Waals surface area contributed by atoms with Gasteiger partial charge >= 0.3 is 0 Å². The third kappa shape index (κ3) is 5.99. The predicted molar refractivity (Wildman–Crippen MR) is 123 cm³/mol. The van der Waals surface area contributed by atoms with Gasteiger partial charge in [-0.2, -0.15) is 0 Å². The van der Waals surface area contributed by atoms with Gasteiger partial charge in [-0.15, -0.1) is 0 Å². The smallest absolute Gasteiger partial charge is 0.262 e. The number of aryl methyl sites for hydroxylation is 3. The molecule has 0 spiro atoms. The summed E-state index contributed by atoms with van der Waals surface area (Å²) in [7, 11) is -3.80. The molecule has 162 valence electrons. The number of halogens is 1.